The van der Waals surface area contributed by atoms with Gasteiger partial charge in [-0.25, -0.2) is 4.98 Å². The van der Waals surface area contributed by atoms with Crippen LogP contribution in [-0.4, -0.2) is 18.6 Å². The smallest absolute Gasteiger partial charge is 0.185 e. The fourth-order valence-corrected chi connectivity index (χ4v) is 2.46. The van der Waals surface area contributed by atoms with Crippen molar-refractivity contribution < 1.29 is 0 Å². The van der Waals surface area contributed by atoms with Crippen LogP contribution in [0.5, 0.6) is 0 Å². The van der Waals surface area contributed by atoms with Crippen LogP contribution in [0.1, 0.15) is 11.8 Å². The zero-order chi connectivity index (χ0) is 13.0. The Kier molecular flexibility index (Phi) is 3.80. The molecular weight excluding hydrogens is 244 g/mol. The van der Waals surface area contributed by atoms with Gasteiger partial charge in [-0.1, -0.05) is 29.5 Å². The van der Waals surface area contributed by atoms with Crippen LogP contribution < -0.4 is 10.2 Å². The molecule has 0 radical (unpaired) electrons. The van der Waals surface area contributed by atoms with E-state index in [4.69, 9.17) is 0 Å². The van der Waals surface area contributed by atoms with Crippen molar-refractivity contribution in [2.75, 3.05) is 23.8 Å². The van der Waals surface area contributed by atoms with Crippen molar-refractivity contribution >= 4 is 28.0 Å². The summed E-state index contributed by atoms with van der Waals surface area (Å²) >= 11 is 1.37. The third-order valence-corrected chi connectivity index (χ3v) is 3.53. The van der Waals surface area contributed by atoms with Crippen LogP contribution >= 0.6 is 11.3 Å². The molecule has 1 heterocycles. The number of nitriles is 1. The Morgan fingerprint density at radius 1 is 1.39 bits per heavy atom. The minimum atomic E-state index is 0.630. The fourth-order valence-electron chi connectivity index (χ4n) is 1.74. The molecule has 92 valence electrons. The highest BCUT2D eigenvalue weighted by Crippen LogP contribution is 2.33. The summed E-state index contributed by atoms with van der Waals surface area (Å²) in [6, 6.07) is 12.2. The number of hydrogen-bond donors (Lipinski definition) is 1. The van der Waals surface area contributed by atoms with E-state index in [0.717, 1.165) is 23.2 Å². The maximum absolute atomic E-state index is 9.18. The van der Waals surface area contributed by atoms with Crippen molar-refractivity contribution in [1.82, 2.24) is 4.98 Å². The minimum absolute atomic E-state index is 0.630. The third-order valence-electron chi connectivity index (χ3n) is 2.56. The van der Waals surface area contributed by atoms with Crippen molar-refractivity contribution in [3.05, 3.63) is 35.2 Å². The van der Waals surface area contributed by atoms with E-state index in [1.54, 1.807) is 0 Å². The number of hydrogen-bond acceptors (Lipinski definition) is 5. The molecular formula is C13H14N4S. The number of para-hydroxylation sites is 1. The molecule has 18 heavy (non-hydrogen) atoms. The molecule has 0 spiro atoms. The van der Waals surface area contributed by atoms with Crippen molar-refractivity contribution in [1.29, 1.82) is 5.26 Å². The van der Waals surface area contributed by atoms with E-state index in [1.807, 2.05) is 49.2 Å². The standard InChI is InChI=1S/C13H14N4S/c1-3-17(10-7-5-4-6-8-10)12-11(9-14)18-13(15-2)16-12/h4-8H,3H2,1-2H3,(H,15,16). The third kappa shape index (κ3) is 2.29. The van der Waals surface area contributed by atoms with Gasteiger partial charge in [-0.05, 0) is 19.1 Å². The number of benzene rings is 1. The molecule has 0 saturated heterocycles. The molecule has 4 nitrogen and oxygen atoms in total. The maximum Gasteiger partial charge on any atom is 0.185 e. The molecule has 1 aromatic carbocycles. The summed E-state index contributed by atoms with van der Waals surface area (Å²) in [7, 11) is 1.81. The molecule has 0 bridgehead atoms. The van der Waals surface area contributed by atoms with Crippen LogP contribution in [0.25, 0.3) is 0 Å². The predicted octanol–water partition coefficient (Wildman–Crippen LogP) is 3.21. The Bertz CT molecular complexity index is 556. The molecule has 2 rings (SSSR count). The number of rotatable bonds is 4. The van der Waals surface area contributed by atoms with Gasteiger partial charge in [-0.2, -0.15) is 5.26 Å². The summed E-state index contributed by atoms with van der Waals surface area (Å²) < 4.78 is 0. The van der Waals surface area contributed by atoms with Crippen molar-refractivity contribution in [3.8, 4) is 6.07 Å². The first-order valence-corrected chi connectivity index (χ1v) is 6.53. The molecule has 1 N–H and O–H groups in total. The zero-order valence-electron chi connectivity index (χ0n) is 10.3. The van der Waals surface area contributed by atoms with Crippen molar-refractivity contribution in [3.63, 3.8) is 0 Å². The molecule has 0 unspecified atom stereocenters. The van der Waals surface area contributed by atoms with Gasteiger partial charge < -0.3 is 10.2 Å². The molecule has 5 heteroatoms. The lowest BCUT2D eigenvalue weighted by Crippen LogP contribution is -2.17. The lowest BCUT2D eigenvalue weighted by atomic mass is 10.3. The average molecular weight is 258 g/mol. The Morgan fingerprint density at radius 2 is 2.11 bits per heavy atom. The van der Waals surface area contributed by atoms with Crippen molar-refractivity contribution in [2.24, 2.45) is 0 Å². The van der Waals surface area contributed by atoms with Gasteiger partial charge in [0, 0.05) is 19.3 Å². The van der Waals surface area contributed by atoms with Gasteiger partial charge in [-0.3, -0.25) is 0 Å². The van der Waals surface area contributed by atoms with Gasteiger partial charge >= 0.3 is 0 Å². The Morgan fingerprint density at radius 3 is 2.67 bits per heavy atom. The topological polar surface area (TPSA) is 52.0 Å². The van der Waals surface area contributed by atoms with Gasteiger partial charge in [0.05, 0.1) is 0 Å². The van der Waals surface area contributed by atoms with E-state index in [-0.39, 0.29) is 0 Å². The predicted molar refractivity (Wildman–Crippen MR) is 75.5 cm³/mol. The SMILES string of the molecule is CCN(c1ccccc1)c1nc(NC)sc1C#N. The number of nitrogens with zero attached hydrogens (tertiary/aromatic N) is 3. The molecule has 0 aliphatic heterocycles. The van der Waals surface area contributed by atoms with Gasteiger partial charge in [0.1, 0.15) is 6.07 Å². The highest BCUT2D eigenvalue weighted by atomic mass is 32.1. The first kappa shape index (κ1) is 12.4. The van der Waals surface area contributed by atoms with Gasteiger partial charge in [-0.15, -0.1) is 0 Å². The average Bonchev–Trinajstić information content (AvgIpc) is 2.84. The summed E-state index contributed by atoms with van der Waals surface area (Å²) in [5.41, 5.74) is 1.05. The number of anilines is 3. The highest BCUT2D eigenvalue weighted by molar-refractivity contribution is 7.16. The number of nitrogens with one attached hydrogen (secondary N) is 1. The quantitative estimate of drug-likeness (QED) is 0.915. The van der Waals surface area contributed by atoms with Crippen LogP contribution in [0.2, 0.25) is 0 Å². The molecule has 0 saturated carbocycles. The van der Waals surface area contributed by atoms with Crippen molar-refractivity contribution in [2.45, 2.75) is 6.92 Å². The summed E-state index contributed by atoms with van der Waals surface area (Å²) in [6.45, 7) is 2.82. The lowest BCUT2D eigenvalue weighted by molar-refractivity contribution is 0.997. The van der Waals surface area contributed by atoms with Crippen LogP contribution in [0.15, 0.2) is 30.3 Å². The number of thiazole rings is 1. The second-order valence-corrected chi connectivity index (χ2v) is 4.61. The van der Waals surface area contributed by atoms with E-state index in [0.29, 0.717) is 4.88 Å². The van der Waals surface area contributed by atoms with E-state index >= 15 is 0 Å². The van der Waals surface area contributed by atoms with Gasteiger partial charge in [0.25, 0.3) is 0 Å². The van der Waals surface area contributed by atoms with Crippen LogP contribution in [0.3, 0.4) is 0 Å². The van der Waals surface area contributed by atoms with Crippen LogP contribution in [0, 0.1) is 11.3 Å². The normalized spacial score (nSPS) is 9.83. The minimum Gasteiger partial charge on any atom is -0.364 e. The molecule has 1 aromatic heterocycles. The molecule has 0 atom stereocenters. The first-order chi connectivity index (χ1) is 8.80. The van der Waals surface area contributed by atoms with E-state index < -0.39 is 0 Å². The first-order valence-electron chi connectivity index (χ1n) is 5.71. The van der Waals surface area contributed by atoms with E-state index in [9.17, 15) is 5.26 Å². The maximum atomic E-state index is 9.18. The fraction of sp³-hybridized carbons (Fsp3) is 0.231. The van der Waals surface area contributed by atoms with Gasteiger partial charge in [0.15, 0.2) is 15.8 Å². The van der Waals surface area contributed by atoms with E-state index in [2.05, 4.69) is 16.4 Å². The molecule has 0 aliphatic carbocycles. The molecule has 2 aromatic rings. The summed E-state index contributed by atoms with van der Waals surface area (Å²) in [5.74, 6) is 0.723. The molecule has 0 aliphatic rings. The van der Waals surface area contributed by atoms with Crippen LogP contribution in [0.4, 0.5) is 16.6 Å². The Balaban J connectivity index is 2.45. The second-order valence-electron chi connectivity index (χ2n) is 3.61. The van der Waals surface area contributed by atoms with Crippen LogP contribution in [-0.2, 0) is 0 Å². The lowest BCUT2D eigenvalue weighted by Gasteiger charge is -2.20. The highest BCUT2D eigenvalue weighted by Gasteiger charge is 2.17. The Labute approximate surface area is 111 Å². The second kappa shape index (κ2) is 5.52. The molecule has 0 amide bonds. The summed E-state index contributed by atoms with van der Waals surface area (Å²) in [5, 5.41) is 12.9. The summed E-state index contributed by atoms with van der Waals surface area (Å²) in [4.78, 5) is 7.13. The largest absolute Gasteiger partial charge is 0.364 e. The number of aromatic nitrogens is 1. The summed E-state index contributed by atoms with van der Waals surface area (Å²) in [6.07, 6.45) is 0. The van der Waals surface area contributed by atoms with E-state index in [1.165, 1.54) is 11.3 Å². The Hall–Kier alpha value is -2.06. The van der Waals surface area contributed by atoms with Gasteiger partial charge in [0.2, 0.25) is 0 Å². The molecule has 0 fully saturated rings. The monoisotopic (exact) mass is 258 g/mol. The zero-order valence-corrected chi connectivity index (χ0v) is 11.2.